The van der Waals surface area contributed by atoms with Crippen LogP contribution in [0.4, 0.5) is 0 Å². The lowest BCUT2D eigenvalue weighted by Crippen LogP contribution is -2.36. The Kier molecular flexibility index (Phi) is 10.6. The van der Waals surface area contributed by atoms with Crippen LogP contribution in [0.1, 0.15) is 0 Å². The number of quaternary nitrogens is 1. The van der Waals surface area contributed by atoms with E-state index >= 15 is 0 Å². The van der Waals surface area contributed by atoms with E-state index in [-0.39, 0.29) is 18.2 Å². The van der Waals surface area contributed by atoms with Crippen LogP contribution < -0.4 is 6.15 Å². The van der Waals surface area contributed by atoms with Crippen LogP contribution in [0, 0.1) is 0 Å². The van der Waals surface area contributed by atoms with Crippen LogP contribution in [0.25, 0.3) is 0 Å². The van der Waals surface area contributed by atoms with Crippen LogP contribution in [0.2, 0.25) is 0 Å². The maximum atomic E-state index is 8.39. The van der Waals surface area contributed by atoms with Gasteiger partial charge >= 0.3 is 0 Å². The zero-order valence-corrected chi connectivity index (χ0v) is 6.46. The third-order valence-corrected chi connectivity index (χ3v) is 0.771. The molecule has 0 saturated heterocycles. The zero-order chi connectivity index (χ0) is 5.91. The SMILES string of the molecule is C[N+](C)(C)CCO.N.[OH-]. The summed E-state index contributed by atoms with van der Waals surface area (Å²) < 4.78 is 0.844. The maximum absolute atomic E-state index is 8.39. The second-order valence-electron chi connectivity index (χ2n) is 2.74. The smallest absolute Gasteiger partial charge is 0.101 e. The van der Waals surface area contributed by atoms with Gasteiger partial charge in [0.15, 0.2) is 0 Å². The molecule has 0 amide bonds. The first-order valence-electron chi connectivity index (χ1n) is 2.47. The molecule has 0 atom stereocenters. The second-order valence-corrected chi connectivity index (χ2v) is 2.74. The Labute approximate surface area is 56.6 Å². The van der Waals surface area contributed by atoms with Crippen LogP contribution in [-0.4, -0.2) is 49.4 Å². The maximum Gasteiger partial charge on any atom is 0.101 e. The number of aliphatic hydroxyl groups excluding tert-OH is 1. The molecule has 0 radical (unpaired) electrons. The van der Waals surface area contributed by atoms with Crippen LogP contribution in [0.3, 0.4) is 0 Å². The fraction of sp³-hybridized carbons (Fsp3) is 1.00. The van der Waals surface area contributed by atoms with Crippen LogP contribution >= 0.6 is 0 Å². The van der Waals surface area contributed by atoms with Gasteiger partial charge in [-0.15, -0.1) is 0 Å². The van der Waals surface area contributed by atoms with Gasteiger partial charge in [0.1, 0.15) is 6.54 Å². The van der Waals surface area contributed by atoms with Crippen molar-refractivity contribution in [1.82, 2.24) is 6.15 Å². The summed E-state index contributed by atoms with van der Waals surface area (Å²) in [4.78, 5) is 0. The van der Waals surface area contributed by atoms with Gasteiger partial charge in [-0.2, -0.15) is 0 Å². The minimum Gasteiger partial charge on any atom is -0.870 e. The molecule has 0 bridgehead atoms. The number of rotatable bonds is 2. The van der Waals surface area contributed by atoms with E-state index in [1.54, 1.807) is 0 Å². The van der Waals surface area contributed by atoms with Gasteiger partial charge in [0.25, 0.3) is 0 Å². The summed E-state index contributed by atoms with van der Waals surface area (Å²) in [5.74, 6) is 0. The van der Waals surface area contributed by atoms with Crippen LogP contribution in [0.15, 0.2) is 0 Å². The highest BCUT2D eigenvalue weighted by Crippen LogP contribution is 1.84. The van der Waals surface area contributed by atoms with Crippen molar-refractivity contribution >= 4 is 0 Å². The molecule has 0 aromatic rings. The molecule has 60 valence electrons. The summed E-state index contributed by atoms with van der Waals surface area (Å²) in [6.07, 6.45) is 0. The Morgan fingerprint density at radius 1 is 1.22 bits per heavy atom. The Balaban J connectivity index is -0.000000180. The molecule has 0 aromatic heterocycles. The Bertz CT molecular complexity index is 51.4. The standard InChI is InChI=1S/C5H14NO.H3N.H2O/c1-6(2,3)4-5-7;;/h7H,4-5H2,1-3H3;1H3;1H2/q+1;;/p-1. The van der Waals surface area contributed by atoms with Gasteiger partial charge < -0.3 is 21.2 Å². The number of hydrogen-bond donors (Lipinski definition) is 2. The van der Waals surface area contributed by atoms with E-state index < -0.39 is 0 Å². The summed E-state index contributed by atoms with van der Waals surface area (Å²) in [6, 6.07) is 0. The fourth-order valence-corrected chi connectivity index (χ4v) is 0.300. The van der Waals surface area contributed by atoms with Crippen molar-refractivity contribution in [1.29, 1.82) is 0 Å². The number of hydrogen-bond acceptors (Lipinski definition) is 3. The lowest BCUT2D eigenvalue weighted by atomic mass is 10.5. The Hall–Kier alpha value is -0.160. The molecule has 0 fully saturated rings. The van der Waals surface area contributed by atoms with E-state index in [1.165, 1.54) is 0 Å². The molecule has 0 rings (SSSR count). The van der Waals surface area contributed by atoms with E-state index in [0.29, 0.717) is 0 Å². The van der Waals surface area contributed by atoms with Crippen molar-refractivity contribution in [3.8, 4) is 0 Å². The summed E-state index contributed by atoms with van der Waals surface area (Å²) in [5, 5.41) is 8.39. The molecule has 0 aliphatic carbocycles. The average molecular weight is 138 g/mol. The van der Waals surface area contributed by atoms with Crippen molar-refractivity contribution in [2.24, 2.45) is 0 Å². The van der Waals surface area contributed by atoms with Gasteiger partial charge in [0.2, 0.25) is 0 Å². The van der Waals surface area contributed by atoms with Gasteiger partial charge in [-0.05, 0) is 0 Å². The van der Waals surface area contributed by atoms with Gasteiger partial charge in [-0.25, -0.2) is 0 Å². The quantitative estimate of drug-likeness (QED) is 0.512. The van der Waals surface area contributed by atoms with Crippen LogP contribution in [0.5, 0.6) is 0 Å². The van der Waals surface area contributed by atoms with Crippen molar-refractivity contribution in [3.63, 3.8) is 0 Å². The molecule has 5 N–H and O–H groups in total. The molecule has 0 unspecified atom stereocenters. The average Bonchev–Trinajstić information content (AvgIpc) is 1.30. The predicted octanol–water partition coefficient (Wildman–Crippen LogP) is -0.330. The Morgan fingerprint density at radius 2 is 1.56 bits per heavy atom. The molecule has 0 aliphatic heterocycles. The summed E-state index contributed by atoms with van der Waals surface area (Å²) in [7, 11) is 6.16. The molecule has 0 spiro atoms. The lowest BCUT2D eigenvalue weighted by molar-refractivity contribution is -0.870. The fourth-order valence-electron chi connectivity index (χ4n) is 0.300. The molecule has 0 aliphatic rings. The molecule has 9 heavy (non-hydrogen) atoms. The van der Waals surface area contributed by atoms with Crippen molar-refractivity contribution in [2.75, 3.05) is 34.3 Å². The highest BCUT2D eigenvalue weighted by molar-refractivity contribution is 4.19. The zero-order valence-electron chi connectivity index (χ0n) is 6.46. The van der Waals surface area contributed by atoms with Gasteiger partial charge in [0.05, 0.1) is 27.7 Å². The molecule has 0 heterocycles. The Morgan fingerprint density at radius 3 is 1.56 bits per heavy atom. The van der Waals surface area contributed by atoms with Crippen molar-refractivity contribution < 1.29 is 15.1 Å². The topological polar surface area (TPSA) is 85.2 Å². The number of aliphatic hydroxyl groups is 1. The lowest BCUT2D eigenvalue weighted by Gasteiger charge is -2.21. The minimum atomic E-state index is 0. The summed E-state index contributed by atoms with van der Waals surface area (Å²) in [5.41, 5.74) is 0. The van der Waals surface area contributed by atoms with Crippen LogP contribution in [-0.2, 0) is 0 Å². The molecular formula is C5H18N2O2. The van der Waals surface area contributed by atoms with Gasteiger partial charge in [-0.1, -0.05) is 0 Å². The largest absolute Gasteiger partial charge is 0.870 e. The molecule has 4 heteroatoms. The summed E-state index contributed by atoms with van der Waals surface area (Å²) >= 11 is 0. The number of nitrogens with zero attached hydrogens (tertiary/aromatic N) is 1. The van der Waals surface area contributed by atoms with Crippen molar-refractivity contribution in [3.05, 3.63) is 0 Å². The minimum absolute atomic E-state index is 0. The number of likely N-dealkylation sites (N-methyl/N-ethyl adjacent to an activating group) is 1. The van der Waals surface area contributed by atoms with E-state index in [4.69, 9.17) is 5.11 Å². The third kappa shape index (κ3) is 18.1. The highest BCUT2D eigenvalue weighted by Gasteiger charge is 2.02. The predicted molar refractivity (Wildman–Crippen MR) is 36.9 cm³/mol. The normalized spacial score (nSPS) is 9.33. The van der Waals surface area contributed by atoms with Crippen molar-refractivity contribution in [2.45, 2.75) is 0 Å². The first kappa shape index (κ1) is 15.9. The van der Waals surface area contributed by atoms with E-state index in [1.807, 2.05) is 0 Å². The summed E-state index contributed by atoms with van der Waals surface area (Å²) in [6.45, 7) is 1.11. The molecular weight excluding hydrogens is 120 g/mol. The first-order valence-corrected chi connectivity index (χ1v) is 2.47. The molecule has 0 aromatic carbocycles. The van der Waals surface area contributed by atoms with E-state index in [0.717, 1.165) is 11.0 Å². The highest BCUT2D eigenvalue weighted by atomic mass is 16.3. The second kappa shape index (κ2) is 5.97. The van der Waals surface area contributed by atoms with E-state index in [2.05, 4.69) is 21.1 Å². The first-order chi connectivity index (χ1) is 3.06. The monoisotopic (exact) mass is 138 g/mol. The molecule has 4 nitrogen and oxygen atoms in total. The van der Waals surface area contributed by atoms with Gasteiger partial charge in [-0.3, -0.25) is 0 Å². The van der Waals surface area contributed by atoms with Gasteiger partial charge in [0, 0.05) is 0 Å². The van der Waals surface area contributed by atoms with E-state index in [9.17, 15) is 0 Å². The molecule has 0 saturated carbocycles. The third-order valence-electron chi connectivity index (χ3n) is 0.771.